The highest BCUT2D eigenvalue weighted by Crippen LogP contribution is 2.17. The van der Waals surface area contributed by atoms with Crippen molar-refractivity contribution in [2.24, 2.45) is 0 Å². The lowest BCUT2D eigenvalue weighted by molar-refractivity contribution is -0.116. The normalized spacial score (nSPS) is 9.96. The molecule has 0 fully saturated rings. The Morgan fingerprint density at radius 3 is 2.29 bits per heavy atom. The van der Waals surface area contributed by atoms with E-state index in [1.54, 1.807) is 37.4 Å². The van der Waals surface area contributed by atoms with Crippen molar-refractivity contribution in [3.05, 3.63) is 59.9 Å². The van der Waals surface area contributed by atoms with Gasteiger partial charge in [-0.15, -0.1) is 0 Å². The molecule has 0 aliphatic heterocycles. The van der Waals surface area contributed by atoms with Crippen LogP contribution in [0.15, 0.2) is 48.5 Å². The van der Waals surface area contributed by atoms with E-state index in [0.717, 1.165) is 5.69 Å². The first-order valence-electron chi connectivity index (χ1n) is 7.09. The molecule has 2 aromatic rings. The molecule has 0 heterocycles. The number of carbonyl (C=O) groups is 2. The number of rotatable bonds is 3. The van der Waals surface area contributed by atoms with Gasteiger partial charge in [-0.25, -0.2) is 4.39 Å². The summed E-state index contributed by atoms with van der Waals surface area (Å²) in [5.74, 6) is -1.32. The van der Waals surface area contributed by atoms with Crippen LogP contribution in [0.5, 0.6) is 0 Å². The van der Waals surface area contributed by atoms with Crippen LogP contribution in [0.25, 0.3) is 0 Å². The monoisotopic (exact) mass is 345 g/mol. The molecule has 0 aliphatic carbocycles. The van der Waals surface area contributed by atoms with Crippen LogP contribution >= 0.6 is 12.2 Å². The third kappa shape index (κ3) is 4.36. The molecule has 0 aliphatic rings. The van der Waals surface area contributed by atoms with Crippen LogP contribution in [0.2, 0.25) is 0 Å². The lowest BCUT2D eigenvalue weighted by atomic mass is 10.2. The molecule has 5 nitrogen and oxygen atoms in total. The van der Waals surface area contributed by atoms with Gasteiger partial charge in [-0.3, -0.25) is 14.9 Å². The largest absolute Gasteiger partial charge is 0.332 e. The van der Waals surface area contributed by atoms with Crippen molar-refractivity contribution in [1.82, 2.24) is 5.32 Å². The summed E-state index contributed by atoms with van der Waals surface area (Å²) in [4.78, 5) is 24.8. The van der Waals surface area contributed by atoms with Gasteiger partial charge in [0.05, 0.1) is 5.56 Å². The molecule has 2 aromatic carbocycles. The topological polar surface area (TPSA) is 61.4 Å². The molecule has 2 N–H and O–H groups in total. The number of nitrogens with one attached hydrogen (secondary N) is 2. The van der Waals surface area contributed by atoms with E-state index in [-0.39, 0.29) is 16.6 Å². The van der Waals surface area contributed by atoms with Crippen LogP contribution < -0.4 is 15.5 Å². The van der Waals surface area contributed by atoms with Gasteiger partial charge in [0.15, 0.2) is 5.11 Å². The quantitative estimate of drug-likeness (QED) is 0.840. The fraction of sp³-hybridized carbons (Fsp3) is 0.118. The van der Waals surface area contributed by atoms with E-state index >= 15 is 0 Å². The van der Waals surface area contributed by atoms with Crippen molar-refractivity contribution in [2.75, 3.05) is 17.3 Å². The van der Waals surface area contributed by atoms with Crippen LogP contribution in [0.3, 0.4) is 0 Å². The molecule has 0 atom stereocenters. The summed E-state index contributed by atoms with van der Waals surface area (Å²) < 4.78 is 13.5. The Morgan fingerprint density at radius 1 is 1.08 bits per heavy atom. The van der Waals surface area contributed by atoms with Gasteiger partial charge in [-0.2, -0.15) is 0 Å². The first-order chi connectivity index (χ1) is 11.4. The Labute approximate surface area is 144 Å². The number of amides is 2. The molecule has 2 amide bonds. The number of hydrogen-bond donors (Lipinski definition) is 2. The number of carbonyl (C=O) groups excluding carboxylic acids is 2. The van der Waals surface area contributed by atoms with E-state index in [0.29, 0.717) is 5.69 Å². The summed E-state index contributed by atoms with van der Waals surface area (Å²) in [6.45, 7) is 1.47. The lowest BCUT2D eigenvalue weighted by Gasteiger charge is -2.16. The number of halogens is 1. The highest BCUT2D eigenvalue weighted by molar-refractivity contribution is 7.80. The summed E-state index contributed by atoms with van der Waals surface area (Å²) in [6, 6.07) is 12.6. The van der Waals surface area contributed by atoms with Crippen molar-refractivity contribution in [2.45, 2.75) is 6.92 Å². The van der Waals surface area contributed by atoms with Crippen LogP contribution in [0.4, 0.5) is 15.8 Å². The number of hydrogen-bond acceptors (Lipinski definition) is 3. The van der Waals surface area contributed by atoms with Gasteiger partial charge in [0.25, 0.3) is 5.91 Å². The van der Waals surface area contributed by atoms with Crippen molar-refractivity contribution in [3.63, 3.8) is 0 Å². The maximum absolute atomic E-state index is 13.5. The van der Waals surface area contributed by atoms with Crippen LogP contribution in [-0.4, -0.2) is 24.0 Å². The highest BCUT2D eigenvalue weighted by Gasteiger charge is 2.12. The molecule has 0 saturated carbocycles. The zero-order chi connectivity index (χ0) is 17.7. The number of thiocarbonyl (C=S) groups is 1. The Kier molecular flexibility index (Phi) is 5.59. The highest BCUT2D eigenvalue weighted by atomic mass is 32.1. The second kappa shape index (κ2) is 7.65. The molecule has 0 radical (unpaired) electrons. The number of anilines is 2. The first kappa shape index (κ1) is 17.6. The Balaban J connectivity index is 1.99. The van der Waals surface area contributed by atoms with E-state index < -0.39 is 11.7 Å². The molecule has 0 spiro atoms. The molecule has 7 heteroatoms. The predicted octanol–water partition coefficient (Wildman–Crippen LogP) is 2.94. The minimum atomic E-state index is -0.626. The van der Waals surface area contributed by atoms with Crippen molar-refractivity contribution in [3.8, 4) is 0 Å². The summed E-state index contributed by atoms with van der Waals surface area (Å²) in [7, 11) is 1.67. The van der Waals surface area contributed by atoms with Gasteiger partial charge in [0.1, 0.15) is 5.82 Å². The molecule has 124 valence electrons. The fourth-order valence-corrected chi connectivity index (χ4v) is 2.14. The van der Waals surface area contributed by atoms with Gasteiger partial charge >= 0.3 is 0 Å². The maximum Gasteiger partial charge on any atom is 0.260 e. The maximum atomic E-state index is 13.5. The van der Waals surface area contributed by atoms with Crippen LogP contribution in [-0.2, 0) is 4.79 Å². The zero-order valence-electron chi connectivity index (χ0n) is 13.2. The Morgan fingerprint density at radius 2 is 1.71 bits per heavy atom. The summed E-state index contributed by atoms with van der Waals surface area (Å²) in [5, 5.41) is 5.30. The molecule has 24 heavy (non-hydrogen) atoms. The van der Waals surface area contributed by atoms with E-state index in [2.05, 4.69) is 10.6 Å². The molecule has 0 bridgehead atoms. The van der Waals surface area contributed by atoms with Gasteiger partial charge < -0.3 is 10.2 Å². The standard InChI is InChI=1S/C17H16FN3O2S/c1-11(22)21(2)13-9-7-12(8-10-13)19-17(24)20-16(23)14-5-3-4-6-15(14)18/h3-10H,1-2H3,(H2,19,20,23,24). The average Bonchev–Trinajstić information content (AvgIpc) is 2.55. The van der Waals surface area contributed by atoms with Crippen molar-refractivity contribution < 1.29 is 14.0 Å². The molecule has 0 saturated heterocycles. The minimum Gasteiger partial charge on any atom is -0.332 e. The molecular weight excluding hydrogens is 329 g/mol. The average molecular weight is 345 g/mol. The smallest absolute Gasteiger partial charge is 0.260 e. The van der Waals surface area contributed by atoms with Crippen LogP contribution in [0.1, 0.15) is 17.3 Å². The fourth-order valence-electron chi connectivity index (χ4n) is 1.93. The van der Waals surface area contributed by atoms with Gasteiger partial charge in [0.2, 0.25) is 5.91 Å². The predicted molar refractivity (Wildman–Crippen MR) is 95.6 cm³/mol. The van der Waals surface area contributed by atoms with E-state index in [9.17, 15) is 14.0 Å². The van der Waals surface area contributed by atoms with Gasteiger partial charge in [0, 0.05) is 25.3 Å². The third-order valence-electron chi connectivity index (χ3n) is 3.33. The lowest BCUT2D eigenvalue weighted by Crippen LogP contribution is -2.34. The van der Waals surface area contributed by atoms with E-state index in [4.69, 9.17) is 12.2 Å². The van der Waals surface area contributed by atoms with E-state index in [1.807, 2.05) is 0 Å². The van der Waals surface area contributed by atoms with Crippen molar-refractivity contribution >= 4 is 40.5 Å². The van der Waals surface area contributed by atoms with Crippen molar-refractivity contribution in [1.29, 1.82) is 0 Å². The van der Waals surface area contributed by atoms with Gasteiger partial charge in [-0.05, 0) is 48.6 Å². The number of benzene rings is 2. The molecule has 0 aromatic heterocycles. The Hall–Kier alpha value is -2.80. The van der Waals surface area contributed by atoms with E-state index in [1.165, 1.54) is 30.0 Å². The summed E-state index contributed by atoms with van der Waals surface area (Å²) >= 11 is 5.05. The SMILES string of the molecule is CC(=O)N(C)c1ccc(NC(=S)NC(=O)c2ccccc2F)cc1. The zero-order valence-corrected chi connectivity index (χ0v) is 14.0. The first-order valence-corrected chi connectivity index (χ1v) is 7.50. The number of nitrogens with zero attached hydrogens (tertiary/aromatic N) is 1. The second-order valence-electron chi connectivity index (χ2n) is 5.01. The molecule has 2 rings (SSSR count). The van der Waals surface area contributed by atoms with Crippen LogP contribution in [0, 0.1) is 5.82 Å². The summed E-state index contributed by atoms with van der Waals surface area (Å²) in [5.41, 5.74) is 1.28. The van der Waals surface area contributed by atoms with Gasteiger partial charge in [-0.1, -0.05) is 12.1 Å². The molecule has 0 unspecified atom stereocenters. The second-order valence-corrected chi connectivity index (χ2v) is 5.42. The third-order valence-corrected chi connectivity index (χ3v) is 3.53. The summed E-state index contributed by atoms with van der Waals surface area (Å²) in [6.07, 6.45) is 0. The minimum absolute atomic E-state index is 0.0518. The molecular formula is C17H16FN3O2S. The Bertz CT molecular complexity index is 778.